The maximum atomic E-state index is 8.07. The number of hydrogen-bond donors (Lipinski definition) is 1. The Morgan fingerprint density at radius 3 is 1.86 bits per heavy atom. The molecule has 0 heterocycles. The number of unbranched alkanes of at least 4 members (excludes halogenated alkanes) is 1. The summed E-state index contributed by atoms with van der Waals surface area (Å²) in [6.45, 7) is 2.40. The van der Waals surface area contributed by atoms with E-state index in [2.05, 4.69) is 6.92 Å². The van der Waals surface area contributed by atoms with Gasteiger partial charge in [0.2, 0.25) is 0 Å². The molecule has 0 rings (SSSR count). The molecule has 0 fully saturated rings. The Labute approximate surface area is 57.0 Å². The van der Waals surface area contributed by atoms with Crippen molar-refractivity contribution in [2.75, 3.05) is 6.61 Å². The summed E-state index contributed by atoms with van der Waals surface area (Å²) in [6.07, 6.45) is 2.04. The van der Waals surface area contributed by atoms with Gasteiger partial charge < -0.3 is 10.6 Å². The van der Waals surface area contributed by atoms with Crippen molar-refractivity contribution in [3.05, 3.63) is 0 Å². The summed E-state index contributed by atoms with van der Waals surface area (Å²) in [7, 11) is 0. The first kappa shape index (κ1) is 15.6. The van der Waals surface area contributed by atoms with Gasteiger partial charge in [-0.25, -0.2) is 0 Å². The second-order valence-corrected chi connectivity index (χ2v) is 1.08. The van der Waals surface area contributed by atoms with Gasteiger partial charge in [-0.15, -0.1) is 0 Å². The summed E-state index contributed by atoms with van der Waals surface area (Å²) in [6, 6.07) is 0. The SMILES string of the molecule is CCCCO.[O-2].[Zn+2]. The monoisotopic (exact) mass is 154 g/mol. The number of aliphatic hydroxyl groups excluding tert-OH is 1. The average Bonchev–Trinajstić information content (AvgIpc) is 1.41. The quantitative estimate of drug-likeness (QED) is 0.585. The van der Waals surface area contributed by atoms with Gasteiger partial charge in [0.15, 0.2) is 0 Å². The number of rotatable bonds is 2. The molecule has 0 unspecified atom stereocenters. The fourth-order valence-corrected chi connectivity index (χ4v) is 0.158. The van der Waals surface area contributed by atoms with Gasteiger partial charge in [0, 0.05) is 6.61 Å². The maximum absolute atomic E-state index is 8.07. The van der Waals surface area contributed by atoms with E-state index < -0.39 is 0 Å². The molecule has 0 bridgehead atoms. The Balaban J connectivity index is -0.0000000800. The number of aliphatic hydroxyl groups is 1. The summed E-state index contributed by atoms with van der Waals surface area (Å²) >= 11 is 0. The zero-order valence-corrected chi connectivity index (χ0v) is 7.65. The van der Waals surface area contributed by atoms with Crippen molar-refractivity contribution in [2.45, 2.75) is 19.8 Å². The molecule has 7 heavy (non-hydrogen) atoms. The summed E-state index contributed by atoms with van der Waals surface area (Å²) in [5, 5.41) is 8.07. The Kier molecular flexibility index (Phi) is 35.8. The molecule has 0 spiro atoms. The Morgan fingerprint density at radius 1 is 1.43 bits per heavy atom. The smallest absolute Gasteiger partial charge is 2.00 e. The topological polar surface area (TPSA) is 48.7 Å². The van der Waals surface area contributed by atoms with Gasteiger partial charge in [-0.2, -0.15) is 0 Å². The summed E-state index contributed by atoms with van der Waals surface area (Å²) in [4.78, 5) is 0. The third-order valence-corrected chi connectivity index (χ3v) is 0.512. The molecule has 3 heteroatoms. The minimum atomic E-state index is 0. The Bertz CT molecular complexity index is 17.2. The van der Waals surface area contributed by atoms with Gasteiger partial charge in [-0.1, -0.05) is 13.3 Å². The van der Waals surface area contributed by atoms with Crippen molar-refractivity contribution in [3.8, 4) is 0 Å². The molecule has 0 atom stereocenters. The van der Waals surface area contributed by atoms with Crippen LogP contribution in [0.15, 0.2) is 0 Å². The zero-order valence-electron chi connectivity index (χ0n) is 4.68. The van der Waals surface area contributed by atoms with Crippen LogP contribution in [0.2, 0.25) is 0 Å². The predicted octanol–water partition coefficient (Wildman–Crippen LogP) is 0.657. The third-order valence-electron chi connectivity index (χ3n) is 0.512. The summed E-state index contributed by atoms with van der Waals surface area (Å²) in [5.74, 6) is 0. The van der Waals surface area contributed by atoms with Crippen LogP contribution in [-0.2, 0) is 25.0 Å². The fraction of sp³-hybridized carbons (Fsp3) is 1.00. The van der Waals surface area contributed by atoms with Gasteiger partial charge in [-0.3, -0.25) is 0 Å². The van der Waals surface area contributed by atoms with Gasteiger partial charge in [-0.05, 0) is 6.42 Å². The Hall–Kier alpha value is 0.543. The molecular formula is C4H10O2Zn. The van der Waals surface area contributed by atoms with E-state index in [0.717, 1.165) is 12.8 Å². The molecule has 1 N–H and O–H groups in total. The second-order valence-electron chi connectivity index (χ2n) is 1.08. The van der Waals surface area contributed by atoms with Crippen LogP contribution in [0.25, 0.3) is 0 Å². The van der Waals surface area contributed by atoms with E-state index >= 15 is 0 Å². The van der Waals surface area contributed by atoms with Crippen molar-refractivity contribution < 1.29 is 30.1 Å². The summed E-state index contributed by atoms with van der Waals surface area (Å²) < 4.78 is 0. The van der Waals surface area contributed by atoms with E-state index in [1.54, 1.807) is 0 Å². The van der Waals surface area contributed by atoms with Crippen LogP contribution in [0.3, 0.4) is 0 Å². The van der Waals surface area contributed by atoms with Crippen molar-refractivity contribution in [1.82, 2.24) is 0 Å². The first-order valence-corrected chi connectivity index (χ1v) is 2.02. The molecule has 0 saturated carbocycles. The normalized spacial score (nSPS) is 6.00. The van der Waals surface area contributed by atoms with Crippen LogP contribution in [0, 0.1) is 0 Å². The molecular weight excluding hydrogens is 145 g/mol. The van der Waals surface area contributed by atoms with Crippen LogP contribution in [-0.4, -0.2) is 11.7 Å². The van der Waals surface area contributed by atoms with Gasteiger partial charge in [0.05, 0.1) is 0 Å². The van der Waals surface area contributed by atoms with Gasteiger partial charge in [0.25, 0.3) is 0 Å². The van der Waals surface area contributed by atoms with E-state index in [0.29, 0.717) is 6.61 Å². The van der Waals surface area contributed by atoms with Crippen molar-refractivity contribution in [1.29, 1.82) is 0 Å². The molecule has 0 aromatic carbocycles. The van der Waals surface area contributed by atoms with Crippen molar-refractivity contribution in [2.24, 2.45) is 0 Å². The summed E-state index contributed by atoms with van der Waals surface area (Å²) in [5.41, 5.74) is 0. The molecule has 0 aromatic heterocycles. The largest absolute Gasteiger partial charge is 2.00 e. The molecule has 0 aliphatic heterocycles. The molecule has 0 radical (unpaired) electrons. The van der Waals surface area contributed by atoms with E-state index in [-0.39, 0.29) is 25.0 Å². The van der Waals surface area contributed by atoms with Gasteiger partial charge >= 0.3 is 19.5 Å². The standard InChI is InChI=1S/C4H10O.O.Zn/c1-2-3-4-5;;/h5H,2-4H2,1H3;;/q;-2;+2. The molecule has 0 amide bonds. The first-order valence-electron chi connectivity index (χ1n) is 2.02. The van der Waals surface area contributed by atoms with E-state index in [4.69, 9.17) is 5.11 Å². The molecule has 2 nitrogen and oxygen atoms in total. The minimum absolute atomic E-state index is 0. The van der Waals surface area contributed by atoms with Crippen molar-refractivity contribution >= 4 is 0 Å². The van der Waals surface area contributed by atoms with E-state index in [9.17, 15) is 0 Å². The molecule has 40 valence electrons. The third kappa shape index (κ3) is 20.9. The maximum Gasteiger partial charge on any atom is 2.00 e. The van der Waals surface area contributed by atoms with Crippen molar-refractivity contribution in [3.63, 3.8) is 0 Å². The van der Waals surface area contributed by atoms with Crippen LogP contribution >= 0.6 is 0 Å². The van der Waals surface area contributed by atoms with E-state index in [1.807, 2.05) is 0 Å². The van der Waals surface area contributed by atoms with Crippen LogP contribution in [0.1, 0.15) is 19.8 Å². The van der Waals surface area contributed by atoms with Crippen LogP contribution < -0.4 is 0 Å². The number of hydrogen-bond acceptors (Lipinski definition) is 1. The molecule has 0 saturated heterocycles. The van der Waals surface area contributed by atoms with Gasteiger partial charge in [0.1, 0.15) is 0 Å². The Morgan fingerprint density at radius 2 is 1.86 bits per heavy atom. The van der Waals surface area contributed by atoms with E-state index in [1.165, 1.54) is 0 Å². The van der Waals surface area contributed by atoms with Crippen LogP contribution in [0.5, 0.6) is 0 Å². The second kappa shape index (κ2) is 16.0. The van der Waals surface area contributed by atoms with Crippen LogP contribution in [0.4, 0.5) is 0 Å². The predicted molar refractivity (Wildman–Crippen MR) is 22.7 cm³/mol. The zero-order chi connectivity index (χ0) is 4.12. The minimum Gasteiger partial charge on any atom is -2.00 e. The molecule has 0 aliphatic carbocycles. The average molecular weight is 156 g/mol. The first-order chi connectivity index (χ1) is 2.41. The fourth-order valence-electron chi connectivity index (χ4n) is 0.158. The molecule has 0 aliphatic rings. The molecule has 0 aromatic rings.